The van der Waals surface area contributed by atoms with Crippen LogP contribution in [-0.4, -0.2) is 52.1 Å². The van der Waals surface area contributed by atoms with Gasteiger partial charge >= 0.3 is 6.09 Å². The lowest BCUT2D eigenvalue weighted by molar-refractivity contribution is 0.0536. The number of benzene rings is 3. The Morgan fingerprint density at radius 2 is 1.94 bits per heavy atom. The second-order valence-electron chi connectivity index (χ2n) is 8.68. The van der Waals surface area contributed by atoms with Crippen molar-refractivity contribution >= 4 is 34.3 Å². The maximum Gasteiger partial charge on any atom is 0.416 e. The summed E-state index contributed by atoms with van der Waals surface area (Å²) in [5.74, 6) is 0.834. The summed E-state index contributed by atoms with van der Waals surface area (Å²) < 4.78 is 11.2. The van der Waals surface area contributed by atoms with Crippen molar-refractivity contribution in [2.75, 3.05) is 25.5 Å². The van der Waals surface area contributed by atoms with Crippen LogP contribution in [0.25, 0.3) is 10.9 Å². The molecule has 2 atom stereocenters. The van der Waals surface area contributed by atoms with Gasteiger partial charge in [-0.25, -0.2) is 4.79 Å². The summed E-state index contributed by atoms with van der Waals surface area (Å²) in [5.41, 5.74) is 10.5. The number of aromatic nitrogens is 1. The third kappa shape index (κ3) is 4.70. The van der Waals surface area contributed by atoms with Gasteiger partial charge in [0.1, 0.15) is 24.5 Å². The van der Waals surface area contributed by atoms with Gasteiger partial charge in [-0.2, -0.15) is 0 Å². The first-order valence-corrected chi connectivity index (χ1v) is 12.0. The van der Waals surface area contributed by atoms with E-state index in [1.165, 1.54) is 0 Å². The molecule has 8 nitrogen and oxygen atoms in total. The van der Waals surface area contributed by atoms with Gasteiger partial charge in [-0.1, -0.05) is 35.9 Å². The molecule has 1 amide bonds. The highest BCUT2D eigenvalue weighted by molar-refractivity contribution is 6.32. The lowest BCUT2D eigenvalue weighted by Gasteiger charge is -2.35. The maximum atomic E-state index is 13.4. The number of fused-ring (bicyclic) bond motifs is 3. The van der Waals surface area contributed by atoms with Crippen molar-refractivity contribution in [2.45, 2.75) is 18.6 Å². The minimum Gasteiger partial charge on any atom is -0.491 e. The standard InChI is InChI=1S/C27H26ClN3O5/c28-22-3-1-2-4-24(22)36-27(34)31-12-11-20-21-13-17(29)7-10-23(21)30-25(20)26(31)16-5-8-19(9-6-16)35-15-18(33)14-32/h1-10,13,18,26,30,32-33H,11-12,14-15,29H2. The first kappa shape index (κ1) is 24.0. The van der Waals surface area contributed by atoms with Crippen molar-refractivity contribution in [1.29, 1.82) is 0 Å². The Labute approximate surface area is 212 Å². The van der Waals surface area contributed by atoms with E-state index >= 15 is 0 Å². The number of para-hydroxylation sites is 1. The third-order valence-corrected chi connectivity index (χ3v) is 6.58. The number of halogens is 1. The number of carbonyl (C=O) groups excluding carboxylic acids is 1. The van der Waals surface area contributed by atoms with Gasteiger partial charge in [0.05, 0.1) is 11.6 Å². The Hall–Kier alpha value is -3.72. The van der Waals surface area contributed by atoms with E-state index in [0.29, 0.717) is 35.2 Å². The number of anilines is 1. The summed E-state index contributed by atoms with van der Waals surface area (Å²) in [4.78, 5) is 18.6. The monoisotopic (exact) mass is 507 g/mol. The predicted molar refractivity (Wildman–Crippen MR) is 137 cm³/mol. The molecular formula is C27H26ClN3O5. The van der Waals surface area contributed by atoms with Crippen molar-refractivity contribution in [2.24, 2.45) is 0 Å². The number of nitrogens with zero attached hydrogens (tertiary/aromatic N) is 1. The van der Waals surface area contributed by atoms with Crippen molar-refractivity contribution in [3.8, 4) is 11.5 Å². The summed E-state index contributed by atoms with van der Waals surface area (Å²) >= 11 is 6.23. The number of nitrogens with one attached hydrogen (secondary N) is 1. The zero-order valence-electron chi connectivity index (χ0n) is 19.4. The number of nitrogens with two attached hydrogens (primary N) is 1. The van der Waals surface area contributed by atoms with Gasteiger partial charge in [0.2, 0.25) is 0 Å². The topological polar surface area (TPSA) is 121 Å². The molecular weight excluding hydrogens is 482 g/mol. The number of aliphatic hydroxyl groups is 2. The Morgan fingerprint density at radius 3 is 2.69 bits per heavy atom. The molecule has 0 saturated carbocycles. The molecule has 1 aliphatic rings. The molecule has 2 unspecified atom stereocenters. The number of hydrogen-bond acceptors (Lipinski definition) is 6. The molecule has 0 aliphatic carbocycles. The highest BCUT2D eigenvalue weighted by atomic mass is 35.5. The third-order valence-electron chi connectivity index (χ3n) is 6.27. The number of aliphatic hydroxyl groups excluding tert-OH is 2. The van der Waals surface area contributed by atoms with Crippen LogP contribution in [0.3, 0.4) is 0 Å². The SMILES string of the molecule is Nc1ccc2[nH]c3c(c2c1)CCN(C(=O)Oc1ccccc1Cl)C3c1ccc(OCC(O)CO)cc1. The number of carbonyl (C=O) groups is 1. The largest absolute Gasteiger partial charge is 0.491 e. The molecule has 1 aromatic heterocycles. The minimum absolute atomic E-state index is 0.0247. The molecule has 186 valence electrons. The predicted octanol–water partition coefficient (Wildman–Crippen LogP) is 4.28. The first-order valence-electron chi connectivity index (χ1n) is 11.6. The Morgan fingerprint density at radius 1 is 1.17 bits per heavy atom. The number of nitrogen functional groups attached to an aromatic ring is 1. The number of ether oxygens (including phenoxy) is 2. The molecule has 5 N–H and O–H groups in total. The van der Waals surface area contributed by atoms with Crippen molar-refractivity contribution in [3.63, 3.8) is 0 Å². The first-order chi connectivity index (χ1) is 17.4. The zero-order chi connectivity index (χ0) is 25.2. The minimum atomic E-state index is -0.959. The summed E-state index contributed by atoms with van der Waals surface area (Å²) in [6.45, 7) is 0.0309. The molecule has 0 spiro atoms. The Balaban J connectivity index is 1.51. The second-order valence-corrected chi connectivity index (χ2v) is 9.09. The van der Waals surface area contributed by atoms with E-state index in [1.807, 2.05) is 30.3 Å². The molecule has 1 aliphatic heterocycles. The molecule has 0 radical (unpaired) electrons. The fourth-order valence-electron chi connectivity index (χ4n) is 4.52. The van der Waals surface area contributed by atoms with Crippen molar-refractivity contribution in [1.82, 2.24) is 9.88 Å². The highest BCUT2D eigenvalue weighted by Gasteiger charge is 2.36. The number of aromatic amines is 1. The molecule has 5 rings (SSSR count). The molecule has 0 bridgehead atoms. The Kier molecular flexibility index (Phi) is 6.73. The molecule has 4 aromatic rings. The van der Waals surface area contributed by atoms with Gasteiger partial charge in [0, 0.05) is 28.8 Å². The summed E-state index contributed by atoms with van der Waals surface area (Å²) in [6, 6.07) is 19.4. The van der Waals surface area contributed by atoms with E-state index in [2.05, 4.69) is 4.98 Å². The van der Waals surface area contributed by atoms with Crippen LogP contribution in [0, 0.1) is 0 Å². The van der Waals surface area contributed by atoms with Gasteiger partial charge in [0.15, 0.2) is 5.75 Å². The van der Waals surface area contributed by atoms with E-state index in [-0.39, 0.29) is 13.2 Å². The van der Waals surface area contributed by atoms with Gasteiger partial charge < -0.3 is 30.4 Å². The van der Waals surface area contributed by atoms with E-state index < -0.39 is 18.2 Å². The number of amides is 1. The van der Waals surface area contributed by atoms with Gasteiger partial charge in [0.25, 0.3) is 0 Å². The molecule has 36 heavy (non-hydrogen) atoms. The van der Waals surface area contributed by atoms with Crippen LogP contribution >= 0.6 is 11.6 Å². The molecule has 9 heteroatoms. The smallest absolute Gasteiger partial charge is 0.416 e. The van der Waals surface area contributed by atoms with Crippen LogP contribution in [0.2, 0.25) is 5.02 Å². The summed E-state index contributed by atoms with van der Waals surface area (Å²) in [5, 5.41) is 19.9. The molecule has 0 saturated heterocycles. The molecule has 2 heterocycles. The van der Waals surface area contributed by atoms with Crippen LogP contribution < -0.4 is 15.2 Å². The summed E-state index contributed by atoms with van der Waals surface area (Å²) in [6.07, 6.45) is -0.838. The quantitative estimate of drug-likeness (QED) is 0.289. The average molecular weight is 508 g/mol. The van der Waals surface area contributed by atoms with E-state index in [4.69, 9.17) is 31.9 Å². The van der Waals surface area contributed by atoms with E-state index in [0.717, 1.165) is 27.7 Å². The van der Waals surface area contributed by atoms with Crippen LogP contribution in [0.15, 0.2) is 66.7 Å². The van der Waals surface area contributed by atoms with E-state index in [9.17, 15) is 9.90 Å². The zero-order valence-corrected chi connectivity index (χ0v) is 20.1. The molecule has 0 fully saturated rings. The lowest BCUT2D eigenvalue weighted by Crippen LogP contribution is -2.42. The van der Waals surface area contributed by atoms with Crippen LogP contribution in [0.5, 0.6) is 11.5 Å². The van der Waals surface area contributed by atoms with Crippen molar-refractivity contribution in [3.05, 3.63) is 88.6 Å². The Bertz CT molecular complexity index is 1390. The van der Waals surface area contributed by atoms with Gasteiger partial charge in [-0.3, -0.25) is 4.90 Å². The number of hydrogen-bond donors (Lipinski definition) is 4. The number of H-pyrrole nitrogens is 1. The average Bonchev–Trinajstić information content (AvgIpc) is 3.26. The van der Waals surface area contributed by atoms with Gasteiger partial charge in [-0.15, -0.1) is 0 Å². The second kappa shape index (κ2) is 10.1. The molecule has 3 aromatic carbocycles. The van der Waals surface area contributed by atoms with Crippen LogP contribution in [-0.2, 0) is 6.42 Å². The van der Waals surface area contributed by atoms with E-state index in [1.54, 1.807) is 41.3 Å². The van der Waals surface area contributed by atoms with Gasteiger partial charge in [-0.05, 0) is 60.0 Å². The fourth-order valence-corrected chi connectivity index (χ4v) is 4.70. The van der Waals surface area contributed by atoms with Crippen LogP contribution in [0.1, 0.15) is 22.9 Å². The maximum absolute atomic E-state index is 13.4. The lowest BCUT2D eigenvalue weighted by atomic mass is 9.92. The summed E-state index contributed by atoms with van der Waals surface area (Å²) in [7, 11) is 0. The van der Waals surface area contributed by atoms with Crippen LogP contribution in [0.4, 0.5) is 10.5 Å². The fraction of sp³-hybridized carbons (Fsp3) is 0.222. The van der Waals surface area contributed by atoms with Crippen molar-refractivity contribution < 1.29 is 24.5 Å². The highest BCUT2D eigenvalue weighted by Crippen LogP contribution is 2.40. The normalized spacial score (nSPS) is 16.0. The number of rotatable bonds is 6.